The normalized spacial score (nSPS) is 16.9. The minimum Gasteiger partial charge on any atom is -0.368 e. The first-order chi connectivity index (χ1) is 7.84. The van der Waals surface area contributed by atoms with E-state index >= 15 is 0 Å². The minimum atomic E-state index is 0.520. The minimum absolute atomic E-state index is 0.520. The number of hydrogen-bond acceptors (Lipinski definition) is 3. The number of rotatable bonds is 1. The van der Waals surface area contributed by atoms with Gasteiger partial charge >= 0.3 is 0 Å². The lowest BCUT2D eigenvalue weighted by molar-refractivity contribution is 0.577. The lowest BCUT2D eigenvalue weighted by atomic mass is 10.1. The van der Waals surface area contributed by atoms with E-state index in [1.807, 2.05) is 12.3 Å². The largest absolute Gasteiger partial charge is 0.368 e. The van der Waals surface area contributed by atoms with Crippen LogP contribution in [0.3, 0.4) is 0 Å². The SMILES string of the molecule is Clc1cc(N2CCCCC2)c2nccn2n1. The van der Waals surface area contributed by atoms with E-state index in [9.17, 15) is 0 Å². The molecule has 0 unspecified atom stereocenters. The molecule has 0 bridgehead atoms. The second-order valence-electron chi connectivity index (χ2n) is 4.10. The van der Waals surface area contributed by atoms with Crippen molar-refractivity contribution in [2.24, 2.45) is 0 Å². The van der Waals surface area contributed by atoms with Gasteiger partial charge in [-0.25, -0.2) is 9.50 Å². The Kier molecular flexibility index (Phi) is 2.44. The number of anilines is 1. The summed E-state index contributed by atoms with van der Waals surface area (Å²) in [5, 5.41) is 4.70. The van der Waals surface area contributed by atoms with Crippen LogP contribution in [0.1, 0.15) is 19.3 Å². The fourth-order valence-corrected chi connectivity index (χ4v) is 2.42. The molecule has 5 heteroatoms. The van der Waals surface area contributed by atoms with E-state index in [1.165, 1.54) is 19.3 Å². The third-order valence-electron chi connectivity index (χ3n) is 3.01. The maximum absolute atomic E-state index is 6.01. The first kappa shape index (κ1) is 9.90. The van der Waals surface area contributed by atoms with E-state index in [0.717, 1.165) is 24.4 Å². The summed E-state index contributed by atoms with van der Waals surface area (Å²) >= 11 is 6.01. The molecule has 16 heavy (non-hydrogen) atoms. The zero-order valence-corrected chi connectivity index (χ0v) is 9.69. The lowest BCUT2D eigenvalue weighted by Crippen LogP contribution is -2.30. The first-order valence-electron chi connectivity index (χ1n) is 5.59. The average Bonchev–Trinajstić information content (AvgIpc) is 2.77. The molecule has 2 aromatic rings. The van der Waals surface area contributed by atoms with Crippen LogP contribution in [0.15, 0.2) is 18.5 Å². The molecule has 0 N–H and O–H groups in total. The molecule has 0 radical (unpaired) electrons. The number of halogens is 1. The summed E-state index contributed by atoms with van der Waals surface area (Å²) in [7, 11) is 0. The molecule has 84 valence electrons. The van der Waals surface area contributed by atoms with Crippen molar-refractivity contribution in [2.75, 3.05) is 18.0 Å². The van der Waals surface area contributed by atoms with Gasteiger partial charge in [0.2, 0.25) is 0 Å². The van der Waals surface area contributed by atoms with Gasteiger partial charge in [-0.1, -0.05) is 11.6 Å². The predicted octanol–water partition coefficient (Wildman–Crippen LogP) is 2.37. The summed E-state index contributed by atoms with van der Waals surface area (Å²) in [5.74, 6) is 0. The fourth-order valence-electron chi connectivity index (χ4n) is 2.24. The van der Waals surface area contributed by atoms with E-state index < -0.39 is 0 Å². The zero-order valence-electron chi connectivity index (χ0n) is 8.93. The summed E-state index contributed by atoms with van der Waals surface area (Å²) in [5.41, 5.74) is 2.00. The summed E-state index contributed by atoms with van der Waals surface area (Å²) in [6, 6.07) is 1.91. The maximum atomic E-state index is 6.01. The van der Waals surface area contributed by atoms with Crippen LogP contribution in [0, 0.1) is 0 Å². The second kappa shape index (κ2) is 3.94. The molecule has 0 amide bonds. The third-order valence-corrected chi connectivity index (χ3v) is 3.19. The van der Waals surface area contributed by atoms with Crippen molar-refractivity contribution in [3.63, 3.8) is 0 Å². The molecular weight excluding hydrogens is 224 g/mol. The van der Waals surface area contributed by atoms with E-state index in [1.54, 1.807) is 10.7 Å². The highest BCUT2D eigenvalue weighted by Crippen LogP contribution is 2.25. The number of piperidine rings is 1. The lowest BCUT2D eigenvalue weighted by Gasteiger charge is -2.28. The van der Waals surface area contributed by atoms with Crippen molar-refractivity contribution in [3.05, 3.63) is 23.6 Å². The third kappa shape index (κ3) is 1.63. The number of fused-ring (bicyclic) bond motifs is 1. The molecule has 0 aromatic carbocycles. The molecule has 0 aliphatic carbocycles. The fraction of sp³-hybridized carbons (Fsp3) is 0.455. The first-order valence-corrected chi connectivity index (χ1v) is 5.97. The van der Waals surface area contributed by atoms with Gasteiger partial charge < -0.3 is 4.90 Å². The molecule has 3 heterocycles. The molecule has 1 saturated heterocycles. The van der Waals surface area contributed by atoms with Gasteiger partial charge in [-0.3, -0.25) is 0 Å². The van der Waals surface area contributed by atoms with E-state index in [-0.39, 0.29) is 0 Å². The van der Waals surface area contributed by atoms with E-state index in [2.05, 4.69) is 15.0 Å². The summed E-state index contributed by atoms with van der Waals surface area (Å²) in [4.78, 5) is 6.68. The van der Waals surface area contributed by atoms with Crippen molar-refractivity contribution >= 4 is 22.9 Å². The van der Waals surface area contributed by atoms with Gasteiger partial charge in [0.25, 0.3) is 0 Å². The quantitative estimate of drug-likeness (QED) is 0.762. The molecule has 0 spiro atoms. The Labute approximate surface area is 98.8 Å². The number of nitrogens with zero attached hydrogens (tertiary/aromatic N) is 4. The number of imidazole rings is 1. The highest BCUT2D eigenvalue weighted by atomic mass is 35.5. The van der Waals surface area contributed by atoms with Gasteiger partial charge in [-0.05, 0) is 19.3 Å². The molecule has 4 nitrogen and oxygen atoms in total. The van der Waals surface area contributed by atoms with E-state index in [0.29, 0.717) is 5.15 Å². The monoisotopic (exact) mass is 236 g/mol. The topological polar surface area (TPSA) is 33.4 Å². The predicted molar refractivity (Wildman–Crippen MR) is 64.1 cm³/mol. The Morgan fingerprint density at radius 1 is 1.19 bits per heavy atom. The van der Waals surface area contributed by atoms with Crippen molar-refractivity contribution in [1.82, 2.24) is 14.6 Å². The van der Waals surface area contributed by atoms with Crippen molar-refractivity contribution in [3.8, 4) is 0 Å². The molecule has 0 atom stereocenters. The molecular formula is C11H13ClN4. The Morgan fingerprint density at radius 2 is 2.00 bits per heavy atom. The Morgan fingerprint density at radius 3 is 2.81 bits per heavy atom. The Balaban J connectivity index is 2.09. The van der Waals surface area contributed by atoms with Crippen molar-refractivity contribution < 1.29 is 0 Å². The van der Waals surface area contributed by atoms with Crippen LogP contribution >= 0.6 is 11.6 Å². The highest BCUT2D eigenvalue weighted by molar-refractivity contribution is 6.29. The van der Waals surface area contributed by atoms with Crippen LogP contribution < -0.4 is 4.90 Å². The molecule has 2 aromatic heterocycles. The Bertz CT molecular complexity index is 502. The van der Waals surface area contributed by atoms with Gasteiger partial charge in [-0.2, -0.15) is 5.10 Å². The van der Waals surface area contributed by atoms with Crippen LogP contribution in [-0.2, 0) is 0 Å². The van der Waals surface area contributed by atoms with Crippen LogP contribution in [0.25, 0.3) is 5.65 Å². The van der Waals surface area contributed by atoms with Crippen LogP contribution in [0.4, 0.5) is 5.69 Å². The molecule has 1 aliphatic heterocycles. The summed E-state index contributed by atoms with van der Waals surface area (Å²) in [6.07, 6.45) is 7.39. The highest BCUT2D eigenvalue weighted by Gasteiger charge is 2.15. The van der Waals surface area contributed by atoms with Gasteiger partial charge in [-0.15, -0.1) is 0 Å². The zero-order chi connectivity index (χ0) is 11.0. The average molecular weight is 237 g/mol. The van der Waals surface area contributed by atoms with Crippen LogP contribution in [0.2, 0.25) is 5.15 Å². The number of hydrogen-bond donors (Lipinski definition) is 0. The van der Waals surface area contributed by atoms with Crippen LogP contribution in [-0.4, -0.2) is 27.7 Å². The molecule has 0 saturated carbocycles. The van der Waals surface area contributed by atoms with Crippen LogP contribution in [0.5, 0.6) is 0 Å². The second-order valence-corrected chi connectivity index (χ2v) is 4.48. The summed E-state index contributed by atoms with van der Waals surface area (Å²) in [6.45, 7) is 2.17. The smallest absolute Gasteiger partial charge is 0.177 e. The van der Waals surface area contributed by atoms with Gasteiger partial charge in [0, 0.05) is 31.5 Å². The molecule has 1 fully saturated rings. The van der Waals surface area contributed by atoms with Gasteiger partial charge in [0.15, 0.2) is 10.8 Å². The standard InChI is InChI=1S/C11H13ClN4/c12-10-8-9(15-5-2-1-3-6-15)11-13-4-7-16(11)14-10/h4,7-8H,1-3,5-6H2. The van der Waals surface area contributed by atoms with Crippen molar-refractivity contribution in [2.45, 2.75) is 19.3 Å². The Hall–Kier alpha value is -1.29. The van der Waals surface area contributed by atoms with Gasteiger partial charge in [0.1, 0.15) is 0 Å². The number of aromatic nitrogens is 3. The molecule has 1 aliphatic rings. The van der Waals surface area contributed by atoms with E-state index in [4.69, 9.17) is 11.6 Å². The molecule has 3 rings (SSSR count). The maximum Gasteiger partial charge on any atom is 0.177 e. The van der Waals surface area contributed by atoms with Crippen molar-refractivity contribution in [1.29, 1.82) is 0 Å². The summed E-state index contributed by atoms with van der Waals surface area (Å²) < 4.78 is 1.74. The van der Waals surface area contributed by atoms with Gasteiger partial charge in [0.05, 0.1) is 5.69 Å².